The minimum Gasteiger partial charge on any atom is -0.491 e. The van der Waals surface area contributed by atoms with Gasteiger partial charge in [0.2, 0.25) is 0 Å². The van der Waals surface area contributed by atoms with Gasteiger partial charge in [-0.05, 0) is 42.3 Å². The Hall–Kier alpha value is -2.31. The molecule has 3 N–H and O–H groups in total. The minimum atomic E-state index is -0.943. The van der Waals surface area contributed by atoms with E-state index in [1.54, 1.807) is 18.2 Å². The summed E-state index contributed by atoms with van der Waals surface area (Å²) in [6.07, 6.45) is -0.112. The van der Waals surface area contributed by atoms with Gasteiger partial charge in [0.1, 0.15) is 11.6 Å². The highest BCUT2D eigenvalue weighted by Gasteiger charge is 2.12. The molecule has 2 rings (SSSR count). The molecule has 1 unspecified atom stereocenters. The number of hydrogen-bond acceptors (Lipinski definition) is 3. The number of rotatable bonds is 7. The van der Waals surface area contributed by atoms with Crippen molar-refractivity contribution in [2.45, 2.75) is 19.4 Å². The van der Waals surface area contributed by atoms with E-state index in [0.717, 1.165) is 6.42 Å². The molecule has 2 aromatic carbocycles. The van der Waals surface area contributed by atoms with Gasteiger partial charge < -0.3 is 20.5 Å². The zero-order valence-electron chi connectivity index (χ0n) is 13.8. The first-order valence-electron chi connectivity index (χ1n) is 7.90. The first-order valence-corrected chi connectivity index (χ1v) is 8.28. The van der Waals surface area contributed by atoms with Gasteiger partial charge in [-0.2, -0.15) is 0 Å². The van der Waals surface area contributed by atoms with Gasteiger partial charge in [0.25, 0.3) is 0 Å². The van der Waals surface area contributed by atoms with Gasteiger partial charge in [-0.1, -0.05) is 30.7 Å². The monoisotopic (exact) mass is 366 g/mol. The molecule has 0 saturated heterocycles. The van der Waals surface area contributed by atoms with Crippen LogP contribution in [0.4, 0.5) is 14.9 Å². The maximum atomic E-state index is 12.9. The Morgan fingerprint density at radius 3 is 2.68 bits per heavy atom. The first kappa shape index (κ1) is 19.0. The van der Waals surface area contributed by atoms with Crippen molar-refractivity contribution < 1.29 is 19.0 Å². The van der Waals surface area contributed by atoms with E-state index in [2.05, 4.69) is 10.6 Å². The third-order valence-electron chi connectivity index (χ3n) is 3.36. The summed E-state index contributed by atoms with van der Waals surface area (Å²) in [5.41, 5.74) is 0.950. The number of nitrogens with one attached hydrogen (secondary N) is 2. The minimum absolute atomic E-state index is 0.0246. The van der Waals surface area contributed by atoms with Crippen molar-refractivity contribution in [2.24, 2.45) is 0 Å². The Balaban J connectivity index is 1.93. The summed E-state index contributed by atoms with van der Waals surface area (Å²) in [4.78, 5) is 12.0. The van der Waals surface area contributed by atoms with E-state index >= 15 is 0 Å². The van der Waals surface area contributed by atoms with Crippen LogP contribution in [0.3, 0.4) is 0 Å². The van der Waals surface area contributed by atoms with Crippen molar-refractivity contribution in [2.75, 3.05) is 18.5 Å². The number of ether oxygens (including phenoxy) is 1. The van der Waals surface area contributed by atoms with Crippen molar-refractivity contribution in [1.29, 1.82) is 0 Å². The number of aliphatic hydroxyl groups excluding tert-OH is 1. The fourth-order valence-electron chi connectivity index (χ4n) is 2.10. The van der Waals surface area contributed by atoms with Crippen LogP contribution >= 0.6 is 11.6 Å². The number of carbonyl (C=O) groups is 1. The molecule has 0 aliphatic rings. The fraction of sp³-hybridized carbons (Fsp3) is 0.278. The highest BCUT2D eigenvalue weighted by Crippen LogP contribution is 2.28. The Labute approximate surface area is 150 Å². The van der Waals surface area contributed by atoms with Gasteiger partial charge in [0.05, 0.1) is 18.4 Å². The van der Waals surface area contributed by atoms with Crippen LogP contribution in [-0.2, 0) is 0 Å². The van der Waals surface area contributed by atoms with Gasteiger partial charge in [-0.3, -0.25) is 0 Å². The van der Waals surface area contributed by atoms with Crippen LogP contribution in [0.2, 0.25) is 5.02 Å². The third-order valence-corrected chi connectivity index (χ3v) is 3.60. The molecular formula is C18H20ClFN2O3. The molecule has 0 saturated carbocycles. The number of amides is 2. The summed E-state index contributed by atoms with van der Waals surface area (Å²) in [5.74, 6) is 0.128. The normalized spacial score (nSPS) is 11.7. The highest BCUT2D eigenvalue weighted by atomic mass is 35.5. The third kappa shape index (κ3) is 5.92. The lowest BCUT2D eigenvalue weighted by molar-refractivity contribution is 0.175. The van der Waals surface area contributed by atoms with Crippen molar-refractivity contribution >= 4 is 23.3 Å². The summed E-state index contributed by atoms with van der Waals surface area (Å²) in [7, 11) is 0. The van der Waals surface area contributed by atoms with E-state index in [1.807, 2.05) is 6.92 Å². The predicted octanol–water partition coefficient (Wildman–Crippen LogP) is 4.12. The summed E-state index contributed by atoms with van der Waals surface area (Å²) in [6, 6.07) is 9.87. The Bertz CT molecular complexity index is 710. The van der Waals surface area contributed by atoms with E-state index in [1.165, 1.54) is 24.3 Å². The Morgan fingerprint density at radius 1 is 1.28 bits per heavy atom. The maximum absolute atomic E-state index is 12.9. The van der Waals surface area contributed by atoms with Crippen LogP contribution in [0.15, 0.2) is 42.5 Å². The van der Waals surface area contributed by atoms with Crippen LogP contribution in [0.25, 0.3) is 0 Å². The van der Waals surface area contributed by atoms with Crippen LogP contribution in [0, 0.1) is 5.82 Å². The molecule has 25 heavy (non-hydrogen) atoms. The van der Waals surface area contributed by atoms with E-state index in [0.29, 0.717) is 28.6 Å². The second kappa shape index (κ2) is 9.25. The molecule has 2 aromatic rings. The number of urea groups is 1. The van der Waals surface area contributed by atoms with E-state index in [9.17, 15) is 14.3 Å². The molecule has 0 aliphatic carbocycles. The number of halogens is 2. The van der Waals surface area contributed by atoms with Crippen molar-refractivity contribution in [3.63, 3.8) is 0 Å². The summed E-state index contributed by atoms with van der Waals surface area (Å²) in [6.45, 7) is 2.47. The second-order valence-electron chi connectivity index (χ2n) is 5.39. The smallest absolute Gasteiger partial charge is 0.319 e. The lowest BCUT2D eigenvalue weighted by Crippen LogP contribution is -2.32. The Kier molecular flexibility index (Phi) is 7.03. The van der Waals surface area contributed by atoms with E-state index < -0.39 is 12.1 Å². The molecule has 0 heterocycles. The largest absolute Gasteiger partial charge is 0.491 e. The fourth-order valence-corrected chi connectivity index (χ4v) is 2.27. The SMILES string of the molecule is CCCOc1ccc(Cl)cc1NC(=O)NCC(O)c1ccc(F)cc1. The Morgan fingerprint density at radius 2 is 2.00 bits per heavy atom. The number of hydrogen-bond donors (Lipinski definition) is 3. The second-order valence-corrected chi connectivity index (χ2v) is 5.83. The average molecular weight is 367 g/mol. The molecular weight excluding hydrogens is 347 g/mol. The predicted molar refractivity (Wildman–Crippen MR) is 95.6 cm³/mol. The molecule has 2 amide bonds. The first-order chi connectivity index (χ1) is 12.0. The number of benzene rings is 2. The zero-order chi connectivity index (χ0) is 18.2. The van der Waals surface area contributed by atoms with Gasteiger partial charge in [-0.25, -0.2) is 9.18 Å². The molecule has 1 atom stereocenters. The van der Waals surface area contributed by atoms with Crippen molar-refractivity contribution in [3.8, 4) is 5.75 Å². The summed E-state index contributed by atoms with van der Waals surface area (Å²) >= 11 is 5.96. The van der Waals surface area contributed by atoms with Crippen molar-refractivity contribution in [3.05, 3.63) is 58.9 Å². The molecule has 0 spiro atoms. The van der Waals surface area contributed by atoms with Gasteiger partial charge >= 0.3 is 6.03 Å². The quantitative estimate of drug-likeness (QED) is 0.690. The molecule has 0 radical (unpaired) electrons. The van der Waals surface area contributed by atoms with E-state index in [-0.39, 0.29) is 12.4 Å². The lowest BCUT2D eigenvalue weighted by atomic mass is 10.1. The summed E-state index contributed by atoms with van der Waals surface area (Å²) < 4.78 is 18.4. The maximum Gasteiger partial charge on any atom is 0.319 e. The standard InChI is InChI=1S/C18H20ClFN2O3/c1-2-9-25-17-8-5-13(19)10-15(17)22-18(24)21-11-16(23)12-3-6-14(20)7-4-12/h3-8,10,16,23H,2,9,11H2,1H3,(H2,21,22,24). The highest BCUT2D eigenvalue weighted by molar-refractivity contribution is 6.31. The molecule has 7 heteroatoms. The van der Waals surface area contributed by atoms with Crippen LogP contribution in [0.5, 0.6) is 5.75 Å². The molecule has 0 aromatic heterocycles. The van der Waals surface area contributed by atoms with Crippen LogP contribution in [-0.4, -0.2) is 24.3 Å². The lowest BCUT2D eigenvalue weighted by Gasteiger charge is -2.15. The van der Waals surface area contributed by atoms with Crippen molar-refractivity contribution in [1.82, 2.24) is 5.32 Å². The number of aliphatic hydroxyl groups is 1. The molecule has 0 fully saturated rings. The van der Waals surface area contributed by atoms with Gasteiger partial charge in [0.15, 0.2) is 0 Å². The topological polar surface area (TPSA) is 70.6 Å². The van der Waals surface area contributed by atoms with Gasteiger partial charge in [-0.15, -0.1) is 0 Å². The molecule has 0 bridgehead atoms. The van der Waals surface area contributed by atoms with Crippen LogP contribution < -0.4 is 15.4 Å². The van der Waals surface area contributed by atoms with Gasteiger partial charge in [0, 0.05) is 11.6 Å². The number of carbonyl (C=O) groups excluding carboxylic acids is 1. The zero-order valence-corrected chi connectivity index (χ0v) is 14.5. The van der Waals surface area contributed by atoms with Crippen LogP contribution in [0.1, 0.15) is 25.0 Å². The molecule has 134 valence electrons. The van der Waals surface area contributed by atoms with E-state index in [4.69, 9.17) is 16.3 Å². The molecule has 0 aliphatic heterocycles. The summed E-state index contributed by atoms with van der Waals surface area (Å²) in [5, 5.41) is 15.7. The molecule has 5 nitrogen and oxygen atoms in total. The average Bonchev–Trinajstić information content (AvgIpc) is 2.59. The number of anilines is 1.